The van der Waals surface area contributed by atoms with Crippen molar-refractivity contribution >= 4 is 5.97 Å². The van der Waals surface area contributed by atoms with Gasteiger partial charge in [0, 0.05) is 49.6 Å². The first-order valence-corrected chi connectivity index (χ1v) is 10.5. The number of nitrogens with zero attached hydrogens (tertiary/aromatic N) is 1. The van der Waals surface area contributed by atoms with Gasteiger partial charge in [-0.3, -0.25) is 4.79 Å². The van der Waals surface area contributed by atoms with Gasteiger partial charge in [0.05, 0.1) is 12.3 Å². The van der Waals surface area contributed by atoms with E-state index in [-0.39, 0.29) is 18.1 Å². The van der Waals surface area contributed by atoms with Crippen LogP contribution in [-0.4, -0.2) is 37.5 Å². The van der Waals surface area contributed by atoms with Gasteiger partial charge in [-0.1, -0.05) is 19.8 Å². The van der Waals surface area contributed by atoms with Crippen molar-refractivity contribution in [2.45, 2.75) is 39.7 Å². The first-order chi connectivity index (χ1) is 14.9. The van der Waals surface area contributed by atoms with E-state index in [4.69, 9.17) is 20.6 Å². The van der Waals surface area contributed by atoms with Crippen molar-refractivity contribution in [2.75, 3.05) is 26.9 Å². The molecule has 0 saturated heterocycles. The lowest BCUT2D eigenvalue weighted by Crippen LogP contribution is -2.27. The molecule has 0 radical (unpaired) electrons. The molecule has 31 heavy (non-hydrogen) atoms. The average molecular weight is 424 g/mol. The molecule has 0 N–H and O–H groups in total. The number of methoxy groups -OCH3 is 1. The fraction of sp³-hybridized carbons (Fsp3) is 0.440. The quantitative estimate of drug-likeness (QED) is 0.367. The van der Waals surface area contributed by atoms with Crippen LogP contribution in [0.4, 0.5) is 0 Å². The third kappa shape index (κ3) is 4.83. The topological polar surface area (TPSA) is 66.8 Å². The molecule has 6 nitrogen and oxygen atoms in total. The summed E-state index contributed by atoms with van der Waals surface area (Å²) >= 11 is 0. The summed E-state index contributed by atoms with van der Waals surface area (Å²) < 4.78 is 18.3. The van der Waals surface area contributed by atoms with E-state index >= 15 is 0 Å². The lowest BCUT2D eigenvalue weighted by molar-refractivity contribution is 0.0551. The van der Waals surface area contributed by atoms with E-state index in [0.717, 1.165) is 23.2 Å². The molecule has 3 rings (SSSR count). The van der Waals surface area contributed by atoms with Gasteiger partial charge < -0.3 is 18.8 Å². The van der Waals surface area contributed by atoms with Crippen molar-refractivity contribution in [3.63, 3.8) is 0 Å². The van der Waals surface area contributed by atoms with Gasteiger partial charge in [-0.2, -0.15) is 0 Å². The highest BCUT2D eigenvalue weighted by atomic mass is 16.5. The molecule has 0 bridgehead atoms. The zero-order valence-electron chi connectivity index (χ0n) is 18.6. The second-order valence-electron chi connectivity index (χ2n) is 8.11. The van der Waals surface area contributed by atoms with Gasteiger partial charge in [0.1, 0.15) is 11.3 Å². The Morgan fingerprint density at radius 3 is 2.74 bits per heavy atom. The number of rotatable bonds is 8. The molecule has 1 aliphatic rings. The van der Waals surface area contributed by atoms with Gasteiger partial charge in [-0.25, -0.2) is 4.79 Å². The molecule has 1 unspecified atom stereocenters. The monoisotopic (exact) mass is 423 g/mol. The number of hydrogen-bond donors (Lipinski definition) is 0. The fourth-order valence-electron chi connectivity index (χ4n) is 3.90. The van der Waals surface area contributed by atoms with Crippen LogP contribution >= 0.6 is 0 Å². The molecule has 1 aromatic carbocycles. The summed E-state index contributed by atoms with van der Waals surface area (Å²) in [5.41, 5.74) is 3.65. The van der Waals surface area contributed by atoms with Crippen molar-refractivity contribution in [3.8, 4) is 29.4 Å². The van der Waals surface area contributed by atoms with Gasteiger partial charge in [0.15, 0.2) is 12.0 Å². The van der Waals surface area contributed by atoms with Crippen LogP contribution in [0.1, 0.15) is 47.8 Å². The van der Waals surface area contributed by atoms with Crippen molar-refractivity contribution in [1.29, 1.82) is 0 Å². The van der Waals surface area contributed by atoms with Gasteiger partial charge in [0.25, 0.3) is 0 Å². The van der Waals surface area contributed by atoms with E-state index in [1.54, 1.807) is 19.2 Å². The second kappa shape index (κ2) is 9.84. The van der Waals surface area contributed by atoms with Crippen LogP contribution in [0.15, 0.2) is 29.2 Å². The summed E-state index contributed by atoms with van der Waals surface area (Å²) in [5, 5.41) is 0. The minimum absolute atomic E-state index is 0.0297. The molecule has 0 amide bonds. The predicted octanol–water partition coefficient (Wildman–Crippen LogP) is 3.78. The van der Waals surface area contributed by atoms with E-state index in [1.807, 2.05) is 19.2 Å². The maximum Gasteiger partial charge on any atom is 0.342 e. The van der Waals surface area contributed by atoms with Crippen molar-refractivity contribution in [2.24, 2.45) is 5.92 Å². The number of carbonyl (C=O) groups excluding carboxylic acids is 1. The first-order valence-electron chi connectivity index (χ1n) is 10.5. The largest absolute Gasteiger partial charge is 0.493 e. The molecule has 2 heterocycles. The number of pyridine rings is 1. The Labute approximate surface area is 183 Å². The highest BCUT2D eigenvalue weighted by Crippen LogP contribution is 2.40. The lowest BCUT2D eigenvalue weighted by atomic mass is 9.86. The first kappa shape index (κ1) is 22.6. The fourth-order valence-corrected chi connectivity index (χ4v) is 3.90. The van der Waals surface area contributed by atoms with Gasteiger partial charge >= 0.3 is 5.97 Å². The van der Waals surface area contributed by atoms with E-state index in [1.165, 1.54) is 0 Å². The number of fused-ring (bicyclic) bond motifs is 3. The Balaban J connectivity index is 2.12. The SMILES string of the molecule is C#CCOC(=O)c1cc2c(cc1OCCCOC)CC(C(C)C)n1cc(C)c(=O)cc1-2. The van der Waals surface area contributed by atoms with Crippen LogP contribution in [0.25, 0.3) is 11.3 Å². The molecule has 0 saturated carbocycles. The summed E-state index contributed by atoms with van der Waals surface area (Å²) in [6, 6.07) is 5.51. The van der Waals surface area contributed by atoms with Gasteiger partial charge in [0.2, 0.25) is 0 Å². The Hall–Kier alpha value is -3.04. The Kier molecular flexibility index (Phi) is 7.19. The molecular weight excluding hydrogens is 394 g/mol. The number of benzene rings is 1. The molecule has 0 fully saturated rings. The molecule has 0 aliphatic carbocycles. The molecule has 164 valence electrons. The summed E-state index contributed by atoms with van der Waals surface area (Å²) in [6.45, 7) is 7.00. The average Bonchev–Trinajstić information content (AvgIpc) is 2.74. The van der Waals surface area contributed by atoms with Crippen LogP contribution < -0.4 is 10.2 Å². The third-order valence-electron chi connectivity index (χ3n) is 5.56. The maximum atomic E-state index is 12.7. The zero-order valence-corrected chi connectivity index (χ0v) is 18.6. The van der Waals surface area contributed by atoms with Gasteiger partial charge in [-0.05, 0) is 37.0 Å². The predicted molar refractivity (Wildman–Crippen MR) is 120 cm³/mol. The van der Waals surface area contributed by atoms with E-state index in [9.17, 15) is 9.59 Å². The second-order valence-corrected chi connectivity index (χ2v) is 8.11. The van der Waals surface area contributed by atoms with Crippen LogP contribution in [-0.2, 0) is 15.9 Å². The summed E-state index contributed by atoms with van der Waals surface area (Å²) in [6.07, 6.45) is 8.63. The number of terminal acetylenes is 1. The normalized spacial score (nSPS) is 14.5. The lowest BCUT2D eigenvalue weighted by Gasteiger charge is -2.34. The molecule has 1 aliphatic heterocycles. The smallest absolute Gasteiger partial charge is 0.342 e. The number of hydrogen-bond acceptors (Lipinski definition) is 5. The minimum atomic E-state index is -0.547. The molecule has 6 heteroatoms. The van der Waals surface area contributed by atoms with Gasteiger partial charge in [-0.15, -0.1) is 6.42 Å². The minimum Gasteiger partial charge on any atom is -0.493 e. The number of aromatic nitrogens is 1. The van der Waals surface area contributed by atoms with Crippen molar-refractivity contribution < 1.29 is 19.0 Å². The highest BCUT2D eigenvalue weighted by molar-refractivity contribution is 5.95. The molecule has 2 aromatic rings. The van der Waals surface area contributed by atoms with E-state index in [0.29, 0.717) is 42.4 Å². The van der Waals surface area contributed by atoms with Crippen LogP contribution in [0.3, 0.4) is 0 Å². The number of ether oxygens (including phenoxy) is 3. The number of aryl methyl sites for hydroxylation is 1. The molecular formula is C25H29NO5. The van der Waals surface area contributed by atoms with E-state index < -0.39 is 5.97 Å². The van der Waals surface area contributed by atoms with E-state index in [2.05, 4.69) is 24.3 Å². The summed E-state index contributed by atoms with van der Waals surface area (Å²) in [4.78, 5) is 25.2. The summed E-state index contributed by atoms with van der Waals surface area (Å²) in [5.74, 6) is 2.59. The Bertz CT molecular complexity index is 1060. The Morgan fingerprint density at radius 1 is 1.29 bits per heavy atom. The maximum absolute atomic E-state index is 12.7. The van der Waals surface area contributed by atoms with Crippen LogP contribution in [0, 0.1) is 25.2 Å². The summed E-state index contributed by atoms with van der Waals surface area (Å²) in [7, 11) is 1.63. The van der Waals surface area contributed by atoms with Crippen LogP contribution in [0.5, 0.6) is 5.75 Å². The number of esters is 1. The highest BCUT2D eigenvalue weighted by Gasteiger charge is 2.29. The Morgan fingerprint density at radius 2 is 2.06 bits per heavy atom. The standard InChI is InChI=1S/C25H29NO5/c1-6-8-31-25(28)20-13-19-18(12-24(20)30-10-7-9-29-5)11-21(16(2)3)26-15-17(4)23(27)14-22(19)26/h1,12-16,21H,7-11H2,2-5H3. The zero-order chi connectivity index (χ0) is 22.5. The molecule has 1 atom stereocenters. The number of carbonyl (C=O) groups is 1. The third-order valence-corrected chi connectivity index (χ3v) is 5.56. The van der Waals surface area contributed by atoms with Crippen molar-refractivity contribution in [1.82, 2.24) is 4.57 Å². The molecule has 0 spiro atoms. The van der Waals surface area contributed by atoms with Crippen LogP contribution in [0.2, 0.25) is 0 Å². The molecule has 1 aromatic heterocycles. The van der Waals surface area contributed by atoms with Crippen molar-refractivity contribution in [3.05, 3.63) is 51.3 Å².